The highest BCUT2D eigenvalue weighted by atomic mass is 15.2. The van der Waals surface area contributed by atoms with Gasteiger partial charge in [0, 0.05) is 12.6 Å². The molecule has 1 unspecified atom stereocenters. The van der Waals surface area contributed by atoms with Crippen LogP contribution in [-0.4, -0.2) is 24.0 Å². The Labute approximate surface area is 104 Å². The van der Waals surface area contributed by atoms with Crippen LogP contribution in [-0.2, 0) is 0 Å². The van der Waals surface area contributed by atoms with Crippen LogP contribution in [0.3, 0.4) is 0 Å². The maximum absolute atomic E-state index is 2.66. The van der Waals surface area contributed by atoms with Gasteiger partial charge in [-0.25, -0.2) is 0 Å². The van der Waals surface area contributed by atoms with Crippen LogP contribution in [0.25, 0.3) is 0 Å². The van der Waals surface area contributed by atoms with Crippen molar-refractivity contribution >= 4 is 0 Å². The van der Waals surface area contributed by atoms with Crippen LogP contribution in [0.1, 0.15) is 68.2 Å². The van der Waals surface area contributed by atoms with E-state index in [1.807, 2.05) is 0 Å². The monoisotopic (exact) mass is 227 g/mol. The molecule has 0 saturated carbocycles. The van der Waals surface area contributed by atoms with Crippen LogP contribution in [0.2, 0.25) is 0 Å². The number of rotatable bonds is 5. The fourth-order valence-corrected chi connectivity index (χ4v) is 2.37. The van der Waals surface area contributed by atoms with Gasteiger partial charge in [0.1, 0.15) is 0 Å². The van der Waals surface area contributed by atoms with Gasteiger partial charge in [-0.1, -0.05) is 48.5 Å². The Balaban J connectivity index is 4.41. The van der Waals surface area contributed by atoms with Gasteiger partial charge in [0.05, 0.1) is 0 Å². The van der Waals surface area contributed by atoms with E-state index in [4.69, 9.17) is 0 Å². The van der Waals surface area contributed by atoms with E-state index in [1.54, 1.807) is 0 Å². The van der Waals surface area contributed by atoms with E-state index >= 15 is 0 Å². The number of hydrogen-bond donors (Lipinski definition) is 0. The molecule has 0 aromatic heterocycles. The van der Waals surface area contributed by atoms with Crippen molar-refractivity contribution in [2.75, 3.05) is 13.1 Å². The average molecular weight is 227 g/mol. The van der Waals surface area contributed by atoms with Crippen molar-refractivity contribution in [1.29, 1.82) is 0 Å². The lowest BCUT2D eigenvalue weighted by molar-refractivity contribution is 0.117. The Hall–Kier alpha value is -0.0400. The van der Waals surface area contributed by atoms with Crippen molar-refractivity contribution in [3.63, 3.8) is 0 Å². The van der Waals surface area contributed by atoms with Crippen molar-refractivity contribution in [2.45, 2.75) is 74.3 Å². The first-order valence-electron chi connectivity index (χ1n) is 6.79. The molecule has 1 heteroatoms. The Bertz CT molecular complexity index is 183. The Morgan fingerprint density at radius 2 is 1.44 bits per heavy atom. The molecular weight excluding hydrogens is 194 g/mol. The standard InChI is InChI=1S/C15H33N/c1-9-10-16(12-15(6,7)8)13(2)11-14(3,4)5/h13H,9-12H2,1-8H3. The van der Waals surface area contributed by atoms with Crippen molar-refractivity contribution in [3.05, 3.63) is 0 Å². The third-order valence-electron chi connectivity index (χ3n) is 2.72. The molecule has 0 radical (unpaired) electrons. The molecule has 1 nitrogen and oxygen atoms in total. The largest absolute Gasteiger partial charge is 0.300 e. The summed E-state index contributed by atoms with van der Waals surface area (Å²) < 4.78 is 0. The van der Waals surface area contributed by atoms with E-state index in [2.05, 4.69) is 60.3 Å². The highest BCUT2D eigenvalue weighted by Gasteiger charge is 2.23. The van der Waals surface area contributed by atoms with Crippen LogP contribution >= 0.6 is 0 Å². The summed E-state index contributed by atoms with van der Waals surface area (Å²) in [5.41, 5.74) is 0.838. The lowest BCUT2D eigenvalue weighted by Gasteiger charge is -2.37. The van der Waals surface area contributed by atoms with E-state index in [0.29, 0.717) is 16.9 Å². The molecule has 0 aliphatic rings. The minimum Gasteiger partial charge on any atom is -0.300 e. The van der Waals surface area contributed by atoms with Crippen molar-refractivity contribution in [3.8, 4) is 0 Å². The molecule has 0 aromatic rings. The molecule has 0 amide bonds. The summed E-state index contributed by atoms with van der Waals surface area (Å²) in [5, 5.41) is 0. The zero-order chi connectivity index (χ0) is 13.0. The third-order valence-corrected chi connectivity index (χ3v) is 2.72. The molecule has 0 aliphatic heterocycles. The quantitative estimate of drug-likeness (QED) is 0.665. The summed E-state index contributed by atoms with van der Waals surface area (Å²) in [7, 11) is 0. The number of hydrogen-bond acceptors (Lipinski definition) is 1. The van der Waals surface area contributed by atoms with E-state index < -0.39 is 0 Å². The van der Waals surface area contributed by atoms with Gasteiger partial charge in [0.2, 0.25) is 0 Å². The van der Waals surface area contributed by atoms with Crippen LogP contribution < -0.4 is 0 Å². The molecule has 0 N–H and O–H groups in total. The van der Waals surface area contributed by atoms with Gasteiger partial charge in [-0.3, -0.25) is 0 Å². The second kappa shape index (κ2) is 6.05. The van der Waals surface area contributed by atoms with Crippen molar-refractivity contribution in [2.24, 2.45) is 10.8 Å². The van der Waals surface area contributed by atoms with Crippen molar-refractivity contribution < 1.29 is 0 Å². The summed E-state index contributed by atoms with van der Waals surface area (Å²) in [6, 6.07) is 0.694. The van der Waals surface area contributed by atoms with Gasteiger partial charge in [-0.2, -0.15) is 0 Å². The molecule has 0 rings (SSSR count). The fourth-order valence-electron chi connectivity index (χ4n) is 2.37. The summed E-state index contributed by atoms with van der Waals surface area (Å²) >= 11 is 0. The molecule has 0 bridgehead atoms. The zero-order valence-corrected chi connectivity index (χ0v) is 12.9. The molecule has 16 heavy (non-hydrogen) atoms. The van der Waals surface area contributed by atoms with Gasteiger partial charge in [-0.15, -0.1) is 0 Å². The van der Waals surface area contributed by atoms with Gasteiger partial charge in [-0.05, 0) is 37.1 Å². The Morgan fingerprint density at radius 3 is 1.75 bits per heavy atom. The molecule has 0 fully saturated rings. The first-order chi connectivity index (χ1) is 7.05. The molecule has 0 saturated heterocycles. The van der Waals surface area contributed by atoms with E-state index in [-0.39, 0.29) is 0 Å². The van der Waals surface area contributed by atoms with Crippen LogP contribution in [0.15, 0.2) is 0 Å². The highest BCUT2D eigenvalue weighted by molar-refractivity contribution is 4.77. The minimum absolute atomic E-state index is 0.404. The highest BCUT2D eigenvalue weighted by Crippen LogP contribution is 2.25. The Kier molecular flexibility index (Phi) is 6.03. The summed E-state index contributed by atoms with van der Waals surface area (Å²) in [4.78, 5) is 2.66. The maximum Gasteiger partial charge on any atom is 0.00721 e. The molecule has 1 atom stereocenters. The lowest BCUT2D eigenvalue weighted by Crippen LogP contribution is -2.41. The van der Waals surface area contributed by atoms with E-state index in [1.165, 1.54) is 25.9 Å². The predicted octanol–water partition coefficient (Wildman–Crippen LogP) is 4.57. The lowest BCUT2D eigenvalue weighted by atomic mass is 9.87. The summed E-state index contributed by atoms with van der Waals surface area (Å²) in [6.07, 6.45) is 2.54. The van der Waals surface area contributed by atoms with Gasteiger partial charge in [0.25, 0.3) is 0 Å². The predicted molar refractivity (Wildman–Crippen MR) is 74.9 cm³/mol. The van der Waals surface area contributed by atoms with Crippen LogP contribution in [0.5, 0.6) is 0 Å². The first-order valence-corrected chi connectivity index (χ1v) is 6.79. The van der Waals surface area contributed by atoms with Gasteiger partial charge >= 0.3 is 0 Å². The first kappa shape index (κ1) is 16.0. The minimum atomic E-state index is 0.404. The zero-order valence-electron chi connectivity index (χ0n) is 12.9. The number of nitrogens with zero attached hydrogens (tertiary/aromatic N) is 1. The third kappa shape index (κ3) is 8.15. The SMILES string of the molecule is CCCN(CC(C)(C)C)C(C)CC(C)(C)C. The molecule has 0 aromatic carbocycles. The molecule has 0 spiro atoms. The fraction of sp³-hybridized carbons (Fsp3) is 1.00. The molecule has 0 aliphatic carbocycles. The smallest absolute Gasteiger partial charge is 0.00721 e. The summed E-state index contributed by atoms with van der Waals surface area (Å²) in [5.74, 6) is 0. The van der Waals surface area contributed by atoms with E-state index in [0.717, 1.165) is 0 Å². The van der Waals surface area contributed by atoms with Crippen molar-refractivity contribution in [1.82, 2.24) is 4.90 Å². The van der Waals surface area contributed by atoms with E-state index in [9.17, 15) is 0 Å². The second-order valence-corrected chi connectivity index (χ2v) is 7.64. The topological polar surface area (TPSA) is 3.24 Å². The Morgan fingerprint density at radius 1 is 0.938 bits per heavy atom. The maximum atomic E-state index is 2.66. The average Bonchev–Trinajstić information content (AvgIpc) is 1.97. The van der Waals surface area contributed by atoms with Crippen LogP contribution in [0, 0.1) is 10.8 Å². The molecular formula is C15H33N. The molecule has 0 heterocycles. The van der Waals surface area contributed by atoms with Gasteiger partial charge < -0.3 is 4.90 Å². The van der Waals surface area contributed by atoms with Crippen LogP contribution in [0.4, 0.5) is 0 Å². The normalized spacial score (nSPS) is 15.6. The second-order valence-electron chi connectivity index (χ2n) is 7.64. The summed E-state index contributed by atoms with van der Waals surface area (Å²) in [6.45, 7) is 21.1. The molecule has 98 valence electrons. The van der Waals surface area contributed by atoms with Gasteiger partial charge in [0.15, 0.2) is 0 Å².